The molecule has 1 fully saturated rings. The topological polar surface area (TPSA) is 99.6 Å². The maximum absolute atomic E-state index is 14.8. The minimum Gasteiger partial charge on any atom is -0.493 e. The van der Waals surface area contributed by atoms with Crippen molar-refractivity contribution < 1.29 is 28.3 Å². The molecule has 1 aromatic carbocycles. The van der Waals surface area contributed by atoms with Gasteiger partial charge in [0.1, 0.15) is 23.0 Å². The Hall–Kier alpha value is -3.72. The van der Waals surface area contributed by atoms with E-state index in [9.17, 15) is 14.3 Å². The molecule has 0 amide bonds. The van der Waals surface area contributed by atoms with E-state index in [2.05, 4.69) is 5.16 Å². The van der Waals surface area contributed by atoms with Gasteiger partial charge in [0.2, 0.25) is 0 Å². The van der Waals surface area contributed by atoms with E-state index < -0.39 is 17.3 Å². The minimum absolute atomic E-state index is 0.0901. The van der Waals surface area contributed by atoms with Crippen LogP contribution in [-0.2, 0) is 4.74 Å². The van der Waals surface area contributed by atoms with Crippen LogP contribution in [0.1, 0.15) is 41.2 Å². The molecule has 9 heteroatoms. The fraction of sp³-hybridized carbons (Fsp3) is 0.320. The van der Waals surface area contributed by atoms with Crippen molar-refractivity contribution in [3.8, 4) is 28.0 Å². The van der Waals surface area contributed by atoms with Gasteiger partial charge in [-0.2, -0.15) is 0 Å². The molecule has 4 aromatic rings. The number of nitrogens with zero attached hydrogens (tertiary/aromatic N) is 3. The summed E-state index contributed by atoms with van der Waals surface area (Å²) in [4.78, 5) is 16.3. The van der Waals surface area contributed by atoms with Gasteiger partial charge in [-0.3, -0.25) is 0 Å². The summed E-state index contributed by atoms with van der Waals surface area (Å²) < 4.78 is 33.6. The number of carboxylic acid groups (broad SMARTS) is 1. The van der Waals surface area contributed by atoms with Crippen LogP contribution in [0.2, 0.25) is 0 Å². The van der Waals surface area contributed by atoms with E-state index >= 15 is 0 Å². The van der Waals surface area contributed by atoms with Crippen molar-refractivity contribution in [3.63, 3.8) is 0 Å². The number of aromatic nitrogens is 3. The van der Waals surface area contributed by atoms with Crippen LogP contribution in [0, 0.1) is 19.7 Å². The highest BCUT2D eigenvalue weighted by molar-refractivity contribution is 5.99. The molecular formula is C25H24FN3O5. The van der Waals surface area contributed by atoms with Crippen LogP contribution >= 0.6 is 0 Å². The smallest absolute Gasteiger partial charge is 0.338 e. The van der Waals surface area contributed by atoms with Crippen LogP contribution in [-0.4, -0.2) is 45.6 Å². The molecule has 5 rings (SSSR count). The first-order chi connectivity index (χ1) is 16.4. The fourth-order valence-corrected chi connectivity index (χ4v) is 4.60. The summed E-state index contributed by atoms with van der Waals surface area (Å²) in [7, 11) is 0. The van der Waals surface area contributed by atoms with Crippen LogP contribution in [0.15, 0.2) is 35.1 Å². The zero-order valence-corrected chi connectivity index (χ0v) is 19.1. The number of benzene rings is 1. The molecule has 4 heterocycles. The zero-order chi connectivity index (χ0) is 24.0. The standard InChI is InChI=1S/C25H24FN3O5/c1-4-33-22-9-19(25(30)31)21(26)8-17(22)20-11-29(16-5-6-32-12-16)24-18(20)7-15(10-27-24)23-13(2)28-34-14(23)3/h7-11,16H,4-6,12H2,1-3H3,(H,30,31). The Morgan fingerprint density at radius 1 is 1.29 bits per heavy atom. The number of aromatic carboxylic acids is 1. The van der Waals surface area contributed by atoms with Gasteiger partial charge < -0.3 is 23.7 Å². The summed E-state index contributed by atoms with van der Waals surface area (Å²) in [5.41, 5.74) is 3.88. The Balaban J connectivity index is 1.78. The summed E-state index contributed by atoms with van der Waals surface area (Å²) in [5, 5.41) is 14.2. The molecule has 34 heavy (non-hydrogen) atoms. The van der Waals surface area contributed by atoms with Gasteiger partial charge in [-0.15, -0.1) is 0 Å². The van der Waals surface area contributed by atoms with Crippen LogP contribution in [0.5, 0.6) is 5.75 Å². The Labute approximate surface area is 194 Å². The molecule has 1 atom stereocenters. The number of pyridine rings is 1. The van der Waals surface area contributed by atoms with Gasteiger partial charge >= 0.3 is 5.97 Å². The van der Waals surface area contributed by atoms with Crippen molar-refractivity contribution in [1.82, 2.24) is 14.7 Å². The molecule has 0 bridgehead atoms. The van der Waals surface area contributed by atoms with Crippen molar-refractivity contribution >= 4 is 17.0 Å². The number of hydrogen-bond donors (Lipinski definition) is 1. The largest absolute Gasteiger partial charge is 0.493 e. The second-order valence-corrected chi connectivity index (χ2v) is 8.33. The van der Waals surface area contributed by atoms with Gasteiger partial charge in [-0.25, -0.2) is 14.2 Å². The molecule has 0 radical (unpaired) electrons. The fourth-order valence-electron chi connectivity index (χ4n) is 4.60. The Morgan fingerprint density at radius 3 is 2.76 bits per heavy atom. The number of hydrogen-bond acceptors (Lipinski definition) is 6. The molecule has 1 unspecified atom stereocenters. The average Bonchev–Trinajstić information content (AvgIpc) is 3.53. The Kier molecular flexibility index (Phi) is 5.57. The van der Waals surface area contributed by atoms with Crippen molar-refractivity contribution in [2.24, 2.45) is 0 Å². The van der Waals surface area contributed by atoms with Crippen LogP contribution in [0.4, 0.5) is 4.39 Å². The molecule has 1 N–H and O–H groups in total. The Morgan fingerprint density at radius 2 is 2.12 bits per heavy atom. The van der Waals surface area contributed by atoms with Crippen LogP contribution in [0.3, 0.4) is 0 Å². The third kappa shape index (κ3) is 3.62. The maximum atomic E-state index is 14.8. The number of rotatable bonds is 6. The van der Waals surface area contributed by atoms with Crippen LogP contribution < -0.4 is 4.74 Å². The second kappa shape index (κ2) is 8.57. The summed E-state index contributed by atoms with van der Waals surface area (Å²) in [5.74, 6) is -1.20. The lowest BCUT2D eigenvalue weighted by atomic mass is 9.99. The van der Waals surface area contributed by atoms with Gasteiger partial charge in [0, 0.05) is 46.6 Å². The predicted molar refractivity (Wildman–Crippen MR) is 123 cm³/mol. The first kappa shape index (κ1) is 22.1. The monoisotopic (exact) mass is 465 g/mol. The van der Waals surface area contributed by atoms with Gasteiger partial charge in [-0.1, -0.05) is 5.16 Å². The van der Waals surface area contributed by atoms with E-state index in [1.54, 1.807) is 13.1 Å². The van der Waals surface area contributed by atoms with Gasteiger partial charge in [0.25, 0.3) is 0 Å². The average molecular weight is 465 g/mol. The molecule has 1 aliphatic heterocycles. The summed E-state index contributed by atoms with van der Waals surface area (Å²) in [6.07, 6.45) is 4.54. The van der Waals surface area contributed by atoms with Gasteiger partial charge in [0.05, 0.1) is 30.5 Å². The zero-order valence-electron chi connectivity index (χ0n) is 19.1. The molecule has 1 saturated heterocycles. The third-order valence-electron chi connectivity index (χ3n) is 6.18. The number of carboxylic acids is 1. The van der Waals surface area contributed by atoms with Crippen LogP contribution in [0.25, 0.3) is 33.3 Å². The molecular weight excluding hydrogens is 441 g/mol. The van der Waals surface area contributed by atoms with E-state index in [-0.39, 0.29) is 6.04 Å². The highest BCUT2D eigenvalue weighted by Crippen LogP contribution is 2.41. The normalized spacial score (nSPS) is 15.8. The summed E-state index contributed by atoms with van der Waals surface area (Å²) >= 11 is 0. The Bertz CT molecular complexity index is 1380. The summed E-state index contributed by atoms with van der Waals surface area (Å²) in [6.45, 7) is 7.02. The first-order valence-corrected chi connectivity index (χ1v) is 11.1. The molecule has 1 aliphatic rings. The number of ether oxygens (including phenoxy) is 2. The molecule has 3 aromatic heterocycles. The summed E-state index contributed by atoms with van der Waals surface area (Å²) in [6, 6.07) is 4.54. The molecule has 0 saturated carbocycles. The molecule has 0 spiro atoms. The first-order valence-electron chi connectivity index (χ1n) is 11.1. The van der Waals surface area contributed by atoms with E-state index in [4.69, 9.17) is 19.0 Å². The molecule has 176 valence electrons. The van der Waals surface area contributed by atoms with Gasteiger partial charge in [-0.05, 0) is 45.4 Å². The van der Waals surface area contributed by atoms with Crippen molar-refractivity contribution in [2.45, 2.75) is 33.2 Å². The highest BCUT2D eigenvalue weighted by Gasteiger charge is 2.26. The highest BCUT2D eigenvalue weighted by atomic mass is 19.1. The molecule has 8 nitrogen and oxygen atoms in total. The predicted octanol–water partition coefficient (Wildman–Crippen LogP) is 5.17. The quantitative estimate of drug-likeness (QED) is 0.419. The molecule has 0 aliphatic carbocycles. The second-order valence-electron chi connectivity index (χ2n) is 8.33. The lowest BCUT2D eigenvalue weighted by Gasteiger charge is -2.12. The SMILES string of the molecule is CCOc1cc(C(=O)O)c(F)cc1-c1cn(C2CCOC2)c2ncc(-c3c(C)noc3C)cc12. The number of aryl methyl sites for hydroxylation is 2. The number of carbonyl (C=O) groups is 1. The maximum Gasteiger partial charge on any atom is 0.338 e. The van der Waals surface area contributed by atoms with E-state index in [1.165, 1.54) is 12.1 Å². The third-order valence-corrected chi connectivity index (χ3v) is 6.18. The van der Waals surface area contributed by atoms with Gasteiger partial charge in [0.15, 0.2) is 0 Å². The van der Waals surface area contributed by atoms with E-state index in [0.29, 0.717) is 42.5 Å². The number of fused-ring (bicyclic) bond motifs is 1. The van der Waals surface area contributed by atoms with E-state index in [1.807, 2.05) is 30.7 Å². The van der Waals surface area contributed by atoms with Crippen molar-refractivity contribution in [3.05, 3.63) is 53.4 Å². The minimum atomic E-state index is -1.35. The lowest BCUT2D eigenvalue weighted by molar-refractivity contribution is 0.0691. The van der Waals surface area contributed by atoms with Crippen molar-refractivity contribution in [1.29, 1.82) is 0 Å². The number of halogens is 1. The lowest BCUT2D eigenvalue weighted by Crippen LogP contribution is -2.07. The van der Waals surface area contributed by atoms with Crippen molar-refractivity contribution in [2.75, 3.05) is 19.8 Å². The van der Waals surface area contributed by atoms with E-state index in [0.717, 1.165) is 34.3 Å².